The molecule has 0 unspecified atom stereocenters. The normalized spacial score (nSPS) is 18.9. The number of nitrogens with zero attached hydrogens (tertiary/aromatic N) is 7. The molecule has 0 radical (unpaired) electrons. The fourth-order valence-electron chi connectivity index (χ4n) is 8.56. The molecule has 4 aromatic heterocycles. The van der Waals surface area contributed by atoms with Crippen LogP contribution in [0, 0.1) is 22.7 Å². The zero-order valence-electron chi connectivity index (χ0n) is 39.4. The lowest BCUT2D eigenvalue weighted by molar-refractivity contribution is -0.126. The number of nitrogens with one attached hydrogen (secondary N) is 5. The number of likely N-dealkylation sites (tertiary alicyclic amines) is 1. The van der Waals surface area contributed by atoms with E-state index in [0.29, 0.717) is 112 Å². The predicted molar refractivity (Wildman–Crippen MR) is 251 cm³/mol. The average molecular weight is 910 g/mol. The number of imidazole rings is 1. The molecule has 1 aliphatic heterocycles. The number of ether oxygens (including phenoxy) is 2. The van der Waals surface area contributed by atoms with Gasteiger partial charge in [0.1, 0.15) is 29.2 Å². The highest BCUT2D eigenvalue weighted by Gasteiger charge is 2.41. The summed E-state index contributed by atoms with van der Waals surface area (Å²) >= 11 is 0. The molecule has 66 heavy (non-hydrogen) atoms. The lowest BCUT2D eigenvalue weighted by Gasteiger charge is -2.29. The third-order valence-corrected chi connectivity index (χ3v) is 12.0. The van der Waals surface area contributed by atoms with E-state index in [9.17, 15) is 24.4 Å². The van der Waals surface area contributed by atoms with Crippen molar-refractivity contribution >= 4 is 46.5 Å². The number of rotatable bonds is 19. The van der Waals surface area contributed by atoms with Crippen LogP contribution in [-0.2, 0) is 25.6 Å². The van der Waals surface area contributed by atoms with Crippen molar-refractivity contribution in [1.29, 1.82) is 5.26 Å². The number of anilines is 2. The minimum atomic E-state index is -0.795. The van der Waals surface area contributed by atoms with Crippen LogP contribution in [0.4, 0.5) is 16.4 Å². The van der Waals surface area contributed by atoms with Gasteiger partial charge in [-0.25, -0.2) is 19.7 Å². The van der Waals surface area contributed by atoms with Gasteiger partial charge in [-0.3, -0.25) is 23.9 Å². The predicted octanol–water partition coefficient (Wildman–Crippen LogP) is 4.51. The first-order valence-electron chi connectivity index (χ1n) is 23.0. The van der Waals surface area contributed by atoms with E-state index in [0.717, 1.165) is 11.9 Å². The van der Waals surface area contributed by atoms with Crippen molar-refractivity contribution in [2.75, 3.05) is 50.4 Å². The van der Waals surface area contributed by atoms with Gasteiger partial charge in [0.05, 0.1) is 30.0 Å². The Morgan fingerprint density at radius 3 is 2.47 bits per heavy atom. The van der Waals surface area contributed by atoms with Gasteiger partial charge in [-0.05, 0) is 90.7 Å². The fraction of sp³-hybridized carbons (Fsp3) is 0.574. The number of carbonyl (C=O) groups is 4. The van der Waals surface area contributed by atoms with Crippen LogP contribution in [0.25, 0.3) is 16.9 Å². The van der Waals surface area contributed by atoms with E-state index in [2.05, 4.69) is 66.4 Å². The molecule has 2 fully saturated rings. The smallest absolute Gasteiger partial charge is 0.408 e. The average Bonchev–Trinajstić information content (AvgIpc) is 3.95. The Bertz CT molecular complexity index is 2350. The summed E-state index contributed by atoms with van der Waals surface area (Å²) in [5.41, 5.74) is 7.19. The molecule has 5 heterocycles. The molecule has 6 rings (SSSR count). The maximum atomic E-state index is 13.7. The molecule has 0 aromatic carbocycles. The Morgan fingerprint density at radius 2 is 1.77 bits per heavy atom. The number of amides is 4. The Kier molecular flexibility index (Phi) is 16.3. The van der Waals surface area contributed by atoms with Crippen LogP contribution in [0.1, 0.15) is 103 Å². The van der Waals surface area contributed by atoms with Crippen molar-refractivity contribution < 1.29 is 28.7 Å². The Labute approximate surface area is 387 Å². The van der Waals surface area contributed by atoms with Crippen molar-refractivity contribution in [1.82, 2.24) is 50.3 Å². The Hall–Kier alpha value is -6.26. The maximum absolute atomic E-state index is 13.7. The third kappa shape index (κ3) is 13.4. The van der Waals surface area contributed by atoms with Gasteiger partial charge in [0, 0.05) is 99.2 Å². The van der Waals surface area contributed by atoms with E-state index < -0.39 is 17.7 Å². The van der Waals surface area contributed by atoms with Gasteiger partial charge >= 0.3 is 6.09 Å². The number of hydrogen-bond acceptors (Lipinski definition) is 13. The summed E-state index contributed by atoms with van der Waals surface area (Å²) in [6.45, 7) is 17.4. The highest BCUT2D eigenvalue weighted by atomic mass is 16.6. The monoisotopic (exact) mass is 910 g/mol. The molecule has 2 aliphatic rings. The SMILES string of the molecule is CC(C)Nc1cc(-n2ccc3cc(C#N)cnc32)ncc1C(=O)NC1CCC(C(=O)NCCOCCN2C[C@@H](NC(=O)[C@H](CCCn3ccnc3N)NC(=O)OC(C)(C)C)C(C)(C)C2)CC1. The standard InChI is InChI=1S/C47H67N13O6/c1-30(2)54-37-24-39(60-18-14-33-23-31(25-48)26-53-40(33)60)52-27-35(37)42(62)55-34-12-10-32(11-13-34)41(61)50-16-21-65-22-20-58-28-38(47(6,7)29-58)57-43(63)36(56-45(64)66-46(3,4)5)9-8-17-59-19-15-51-44(59)49/h14-15,18-19,23-24,26-27,30,32,34,36,38H,8-13,16-17,20-22,28-29H2,1-7H3,(H2,49,51)(H,50,61)(H,52,54)(H,55,62)(H,56,64)(H,57,63)/t32?,34?,36-,38+/m0/s1. The first-order chi connectivity index (χ1) is 31.4. The number of nitriles is 1. The Balaban J connectivity index is 0.898. The lowest BCUT2D eigenvalue weighted by Crippen LogP contribution is -2.53. The molecule has 1 saturated carbocycles. The second kappa shape index (κ2) is 21.8. The summed E-state index contributed by atoms with van der Waals surface area (Å²) < 4.78 is 15.0. The second-order valence-corrected chi connectivity index (χ2v) is 19.4. The van der Waals surface area contributed by atoms with Crippen molar-refractivity contribution in [3.05, 3.63) is 60.3 Å². The second-order valence-electron chi connectivity index (χ2n) is 19.4. The fourth-order valence-corrected chi connectivity index (χ4v) is 8.56. The summed E-state index contributed by atoms with van der Waals surface area (Å²) in [7, 11) is 0. The first kappa shape index (κ1) is 49.2. The number of aromatic nitrogens is 5. The third-order valence-electron chi connectivity index (χ3n) is 12.0. The number of nitrogen functional groups attached to an aromatic ring is 1. The quantitative estimate of drug-likeness (QED) is 0.0710. The zero-order valence-corrected chi connectivity index (χ0v) is 39.4. The maximum Gasteiger partial charge on any atom is 0.408 e. The van der Waals surface area contributed by atoms with E-state index in [1.54, 1.807) is 50.0 Å². The highest BCUT2D eigenvalue weighted by molar-refractivity contribution is 6.00. The van der Waals surface area contributed by atoms with E-state index in [1.807, 2.05) is 36.7 Å². The van der Waals surface area contributed by atoms with Gasteiger partial charge in [0.2, 0.25) is 11.8 Å². The van der Waals surface area contributed by atoms with Crippen LogP contribution < -0.4 is 32.3 Å². The molecule has 4 amide bonds. The van der Waals surface area contributed by atoms with Gasteiger partial charge < -0.3 is 46.4 Å². The molecule has 1 aliphatic carbocycles. The summed E-state index contributed by atoms with van der Waals surface area (Å²) in [4.78, 5) is 68.4. The minimum absolute atomic E-state index is 0.00680. The molecule has 2 atom stereocenters. The number of fused-ring (bicyclic) bond motifs is 1. The zero-order chi connectivity index (χ0) is 47.6. The van der Waals surface area contributed by atoms with Gasteiger partial charge in [-0.1, -0.05) is 13.8 Å². The summed E-state index contributed by atoms with van der Waals surface area (Å²) in [6.07, 6.45) is 11.4. The van der Waals surface area contributed by atoms with Crippen molar-refractivity contribution in [2.45, 2.75) is 123 Å². The van der Waals surface area contributed by atoms with E-state index in [1.165, 1.54) is 6.20 Å². The molecule has 19 nitrogen and oxygen atoms in total. The van der Waals surface area contributed by atoms with Gasteiger partial charge in [0.15, 0.2) is 5.95 Å². The van der Waals surface area contributed by atoms with Gasteiger partial charge in [-0.15, -0.1) is 0 Å². The number of hydrogen-bond donors (Lipinski definition) is 6. The number of alkyl carbamates (subject to hydrolysis) is 1. The van der Waals surface area contributed by atoms with Crippen LogP contribution in [0.15, 0.2) is 49.2 Å². The van der Waals surface area contributed by atoms with Crippen LogP contribution in [0.2, 0.25) is 0 Å². The lowest BCUT2D eigenvalue weighted by atomic mass is 9.85. The van der Waals surface area contributed by atoms with Gasteiger partial charge in [0.25, 0.3) is 5.91 Å². The van der Waals surface area contributed by atoms with E-state index in [4.69, 9.17) is 15.2 Å². The Morgan fingerprint density at radius 1 is 1.00 bits per heavy atom. The van der Waals surface area contributed by atoms with Crippen molar-refractivity contribution in [3.63, 3.8) is 0 Å². The van der Waals surface area contributed by atoms with Crippen molar-refractivity contribution in [3.8, 4) is 11.9 Å². The van der Waals surface area contributed by atoms with Crippen LogP contribution in [0.5, 0.6) is 0 Å². The van der Waals surface area contributed by atoms with Crippen LogP contribution in [-0.4, -0.2) is 122 Å². The number of pyridine rings is 2. The highest BCUT2D eigenvalue weighted by Crippen LogP contribution is 2.30. The molecular weight excluding hydrogens is 843 g/mol. The molecule has 0 spiro atoms. The largest absolute Gasteiger partial charge is 0.444 e. The number of aryl methyl sites for hydroxylation is 1. The number of nitrogens with two attached hydrogens (primary N) is 1. The number of carbonyl (C=O) groups excluding carboxylic acids is 4. The summed E-state index contributed by atoms with van der Waals surface area (Å²) in [5.74, 6) is 0.344. The minimum Gasteiger partial charge on any atom is -0.444 e. The van der Waals surface area contributed by atoms with Crippen molar-refractivity contribution in [2.24, 2.45) is 11.3 Å². The molecule has 4 aromatic rings. The summed E-state index contributed by atoms with van der Waals surface area (Å²) in [5, 5.41) is 25.6. The van der Waals surface area contributed by atoms with Crippen LogP contribution in [0.3, 0.4) is 0 Å². The molecule has 7 N–H and O–H groups in total. The molecule has 356 valence electrons. The van der Waals surface area contributed by atoms with Crippen LogP contribution >= 0.6 is 0 Å². The summed E-state index contributed by atoms with van der Waals surface area (Å²) in [6, 6.07) is 6.64. The molecule has 19 heteroatoms. The van der Waals surface area contributed by atoms with Gasteiger partial charge in [-0.2, -0.15) is 5.26 Å². The molecule has 1 saturated heterocycles. The molecule has 0 bridgehead atoms. The topological polar surface area (TPSA) is 248 Å². The van der Waals surface area contributed by atoms with E-state index >= 15 is 0 Å². The first-order valence-corrected chi connectivity index (χ1v) is 23.0. The molecular formula is C47H67N13O6. The van der Waals surface area contributed by atoms with E-state index in [-0.39, 0.29) is 47.2 Å².